The van der Waals surface area contributed by atoms with Gasteiger partial charge in [-0.25, -0.2) is 9.59 Å². The number of carbonyl (C=O) groups is 3. The fourth-order valence-electron chi connectivity index (χ4n) is 2.31. The molecular formula is C15H26N2O5. The lowest BCUT2D eigenvalue weighted by molar-refractivity contribution is -0.144. The number of carboxylic acids is 1. The summed E-state index contributed by atoms with van der Waals surface area (Å²) in [7, 11) is 0. The molecule has 0 saturated carbocycles. The van der Waals surface area contributed by atoms with Gasteiger partial charge in [0.05, 0.1) is 6.54 Å². The summed E-state index contributed by atoms with van der Waals surface area (Å²) in [6, 6.07) is 0. The maximum Gasteiger partial charge on any atom is 0.408 e. The van der Waals surface area contributed by atoms with Gasteiger partial charge < -0.3 is 20.1 Å². The number of hydrogen-bond donors (Lipinski definition) is 2. The van der Waals surface area contributed by atoms with Crippen LogP contribution in [0.15, 0.2) is 0 Å². The third-order valence-electron chi connectivity index (χ3n) is 3.76. The van der Waals surface area contributed by atoms with E-state index in [-0.39, 0.29) is 24.8 Å². The van der Waals surface area contributed by atoms with E-state index < -0.39 is 23.2 Å². The van der Waals surface area contributed by atoms with E-state index in [2.05, 4.69) is 5.32 Å². The number of nitrogens with one attached hydrogen (secondary N) is 1. The molecule has 0 spiro atoms. The molecule has 0 aromatic rings. The number of likely N-dealkylation sites (tertiary alicyclic amines) is 1. The van der Waals surface area contributed by atoms with Crippen LogP contribution in [0.1, 0.15) is 47.5 Å². The lowest BCUT2D eigenvalue weighted by Crippen LogP contribution is -2.57. The number of nitrogens with zero attached hydrogens (tertiary/aromatic N) is 1. The molecule has 2 unspecified atom stereocenters. The van der Waals surface area contributed by atoms with Crippen LogP contribution in [0.4, 0.5) is 4.79 Å². The maximum absolute atomic E-state index is 12.2. The van der Waals surface area contributed by atoms with Crippen molar-refractivity contribution in [2.75, 3.05) is 13.1 Å². The van der Waals surface area contributed by atoms with Crippen molar-refractivity contribution < 1.29 is 24.2 Å². The highest BCUT2D eigenvalue weighted by molar-refractivity contribution is 5.87. The Morgan fingerprint density at radius 1 is 1.36 bits per heavy atom. The predicted octanol–water partition coefficient (Wildman–Crippen LogP) is 1.61. The second-order valence-corrected chi connectivity index (χ2v) is 6.83. The molecule has 1 rings (SSSR count). The Morgan fingerprint density at radius 3 is 2.41 bits per heavy atom. The molecule has 126 valence electrons. The van der Waals surface area contributed by atoms with E-state index in [4.69, 9.17) is 4.74 Å². The van der Waals surface area contributed by atoms with Crippen molar-refractivity contribution in [1.29, 1.82) is 0 Å². The summed E-state index contributed by atoms with van der Waals surface area (Å²) >= 11 is 0. The quantitative estimate of drug-likeness (QED) is 0.822. The summed E-state index contributed by atoms with van der Waals surface area (Å²) < 4.78 is 5.12. The molecule has 0 aromatic carbocycles. The lowest BCUT2D eigenvalue weighted by atomic mass is 9.99. The van der Waals surface area contributed by atoms with Crippen LogP contribution < -0.4 is 5.32 Å². The zero-order valence-corrected chi connectivity index (χ0v) is 13.9. The van der Waals surface area contributed by atoms with Gasteiger partial charge in [0.15, 0.2) is 5.54 Å². The molecule has 0 bridgehead atoms. The van der Waals surface area contributed by atoms with Crippen LogP contribution in [0, 0.1) is 5.92 Å². The lowest BCUT2D eigenvalue weighted by Gasteiger charge is -2.28. The number of carboxylic acid groups (broad SMARTS) is 1. The minimum atomic E-state index is -1.48. The molecule has 2 atom stereocenters. The second-order valence-electron chi connectivity index (χ2n) is 6.83. The zero-order valence-electron chi connectivity index (χ0n) is 13.9. The van der Waals surface area contributed by atoms with Gasteiger partial charge >= 0.3 is 12.1 Å². The smallest absolute Gasteiger partial charge is 0.408 e. The van der Waals surface area contributed by atoms with Crippen molar-refractivity contribution in [3.8, 4) is 0 Å². The van der Waals surface area contributed by atoms with Crippen LogP contribution in [0.3, 0.4) is 0 Å². The van der Waals surface area contributed by atoms with Gasteiger partial charge in [-0.2, -0.15) is 0 Å². The largest absolute Gasteiger partial charge is 0.479 e. The van der Waals surface area contributed by atoms with Crippen LogP contribution >= 0.6 is 0 Å². The van der Waals surface area contributed by atoms with E-state index >= 15 is 0 Å². The van der Waals surface area contributed by atoms with E-state index in [1.54, 1.807) is 20.8 Å². The average Bonchev–Trinajstić information content (AvgIpc) is 2.80. The molecule has 1 fully saturated rings. The molecule has 7 nitrogen and oxygen atoms in total. The molecule has 1 aliphatic heterocycles. The number of aliphatic carboxylic acids is 1. The van der Waals surface area contributed by atoms with Gasteiger partial charge in [-0.15, -0.1) is 0 Å². The Balaban J connectivity index is 2.81. The van der Waals surface area contributed by atoms with Gasteiger partial charge in [-0.05, 0) is 27.2 Å². The van der Waals surface area contributed by atoms with E-state index in [0.717, 1.165) is 0 Å². The van der Waals surface area contributed by atoms with E-state index in [1.165, 1.54) is 4.90 Å². The highest BCUT2D eigenvalue weighted by Gasteiger charge is 2.48. The topological polar surface area (TPSA) is 95.9 Å². The summed E-state index contributed by atoms with van der Waals surface area (Å²) in [6.45, 7) is 9.09. The number of hydrogen-bond acceptors (Lipinski definition) is 4. The molecule has 2 amide bonds. The summed E-state index contributed by atoms with van der Waals surface area (Å²) in [5, 5.41) is 11.9. The molecule has 1 saturated heterocycles. The van der Waals surface area contributed by atoms with Gasteiger partial charge in [0.1, 0.15) is 5.60 Å². The average molecular weight is 314 g/mol. The van der Waals surface area contributed by atoms with E-state index in [1.807, 2.05) is 13.8 Å². The first-order valence-corrected chi connectivity index (χ1v) is 7.54. The molecular weight excluding hydrogens is 288 g/mol. The highest BCUT2D eigenvalue weighted by Crippen LogP contribution is 2.24. The van der Waals surface area contributed by atoms with Gasteiger partial charge in [0.25, 0.3) is 0 Å². The third kappa shape index (κ3) is 4.35. The number of rotatable bonds is 4. The predicted molar refractivity (Wildman–Crippen MR) is 80.4 cm³/mol. The molecule has 2 N–H and O–H groups in total. The monoisotopic (exact) mass is 314 g/mol. The zero-order chi connectivity index (χ0) is 17.1. The summed E-state index contributed by atoms with van der Waals surface area (Å²) in [5.41, 5.74) is -2.19. The first-order valence-electron chi connectivity index (χ1n) is 7.54. The number of carbonyl (C=O) groups excluding carboxylic acids is 2. The van der Waals surface area contributed by atoms with Gasteiger partial charge in [0, 0.05) is 18.9 Å². The molecule has 1 aliphatic rings. The third-order valence-corrected chi connectivity index (χ3v) is 3.76. The minimum Gasteiger partial charge on any atom is -0.479 e. The molecule has 22 heavy (non-hydrogen) atoms. The first-order chi connectivity index (χ1) is 10.0. The Labute approximate surface area is 131 Å². The fourth-order valence-corrected chi connectivity index (χ4v) is 2.31. The minimum absolute atomic E-state index is 0.0370. The molecule has 0 aliphatic carbocycles. The van der Waals surface area contributed by atoms with Crippen LogP contribution in [0.5, 0.6) is 0 Å². The van der Waals surface area contributed by atoms with Crippen LogP contribution in [-0.2, 0) is 14.3 Å². The Kier molecular flexibility index (Phi) is 5.43. The highest BCUT2D eigenvalue weighted by atomic mass is 16.6. The molecule has 0 aromatic heterocycles. The fraction of sp³-hybridized carbons (Fsp3) is 0.800. The molecule has 7 heteroatoms. The summed E-state index contributed by atoms with van der Waals surface area (Å²) in [6.07, 6.45) is 0.0753. The van der Waals surface area contributed by atoms with Gasteiger partial charge in [-0.3, -0.25) is 4.79 Å². The van der Waals surface area contributed by atoms with Gasteiger partial charge in [0.2, 0.25) is 5.91 Å². The normalized spacial score (nSPS) is 23.0. The number of alkyl carbamates (subject to hydrolysis) is 1. The number of amides is 2. The first kappa shape index (κ1) is 18.3. The van der Waals surface area contributed by atoms with Crippen molar-refractivity contribution >= 4 is 18.0 Å². The van der Waals surface area contributed by atoms with Crippen LogP contribution in [-0.4, -0.2) is 52.2 Å². The van der Waals surface area contributed by atoms with E-state index in [9.17, 15) is 19.5 Å². The maximum atomic E-state index is 12.2. The van der Waals surface area contributed by atoms with Gasteiger partial charge in [-0.1, -0.05) is 13.8 Å². The van der Waals surface area contributed by atoms with Crippen molar-refractivity contribution in [2.45, 2.75) is 58.6 Å². The van der Waals surface area contributed by atoms with Crippen molar-refractivity contribution in [3.63, 3.8) is 0 Å². The van der Waals surface area contributed by atoms with Crippen molar-refractivity contribution in [3.05, 3.63) is 0 Å². The molecule has 0 radical (unpaired) electrons. The summed E-state index contributed by atoms with van der Waals surface area (Å²) in [5.74, 6) is -1.40. The Hall–Kier alpha value is -1.79. The molecule has 1 heterocycles. The van der Waals surface area contributed by atoms with Crippen molar-refractivity contribution in [1.82, 2.24) is 10.2 Å². The Bertz CT molecular complexity index is 457. The number of ether oxygens (including phenoxy) is 1. The van der Waals surface area contributed by atoms with Crippen LogP contribution in [0.25, 0.3) is 0 Å². The van der Waals surface area contributed by atoms with Crippen molar-refractivity contribution in [2.24, 2.45) is 5.92 Å². The Morgan fingerprint density at radius 2 is 1.95 bits per heavy atom. The van der Waals surface area contributed by atoms with Crippen LogP contribution in [0.2, 0.25) is 0 Å². The van der Waals surface area contributed by atoms with E-state index in [0.29, 0.717) is 13.0 Å². The second kappa shape index (κ2) is 6.54. The summed E-state index contributed by atoms with van der Waals surface area (Å²) in [4.78, 5) is 37.2. The SMILES string of the molecule is CCC(C)C(=O)N1CCC(NC(=O)OC(C)(C)C)(C(=O)O)C1. The standard InChI is InChI=1S/C15H26N2O5/c1-6-10(2)11(18)17-8-7-15(9-17,12(19)20)16-13(21)22-14(3,4)5/h10H,6-9H2,1-5H3,(H,16,21)(H,19,20).